The van der Waals surface area contributed by atoms with E-state index < -0.39 is 0 Å². The SMILES string of the molecule is O=C(c1ccc(Br)s1)N1CCC(N2CCCC2)C1. The highest BCUT2D eigenvalue weighted by atomic mass is 79.9. The number of rotatable bonds is 2. The van der Waals surface area contributed by atoms with Crippen molar-refractivity contribution in [1.29, 1.82) is 0 Å². The molecule has 3 nitrogen and oxygen atoms in total. The molecule has 18 heavy (non-hydrogen) atoms. The number of halogens is 1. The highest BCUT2D eigenvalue weighted by Gasteiger charge is 2.32. The fourth-order valence-corrected chi connectivity index (χ4v) is 4.27. The molecule has 2 aliphatic heterocycles. The van der Waals surface area contributed by atoms with Gasteiger partial charge in [-0.1, -0.05) is 0 Å². The van der Waals surface area contributed by atoms with Crippen LogP contribution >= 0.6 is 27.3 Å². The molecule has 3 rings (SSSR count). The van der Waals surface area contributed by atoms with Crippen LogP contribution in [0, 0.1) is 0 Å². The molecule has 1 unspecified atom stereocenters. The van der Waals surface area contributed by atoms with Crippen LogP contribution < -0.4 is 0 Å². The molecule has 3 heterocycles. The maximum absolute atomic E-state index is 12.3. The topological polar surface area (TPSA) is 23.6 Å². The minimum Gasteiger partial charge on any atom is -0.336 e. The van der Waals surface area contributed by atoms with E-state index in [9.17, 15) is 4.79 Å². The van der Waals surface area contributed by atoms with Gasteiger partial charge in [-0.3, -0.25) is 9.69 Å². The molecule has 5 heteroatoms. The first-order chi connectivity index (χ1) is 8.74. The highest BCUT2D eigenvalue weighted by Crippen LogP contribution is 2.26. The molecule has 1 aromatic rings. The summed E-state index contributed by atoms with van der Waals surface area (Å²) < 4.78 is 1.03. The van der Waals surface area contributed by atoms with E-state index in [2.05, 4.69) is 20.8 Å². The van der Waals surface area contributed by atoms with Crippen molar-refractivity contribution in [2.45, 2.75) is 25.3 Å². The van der Waals surface area contributed by atoms with Crippen molar-refractivity contribution in [1.82, 2.24) is 9.80 Å². The van der Waals surface area contributed by atoms with Gasteiger partial charge in [-0.15, -0.1) is 11.3 Å². The molecular weight excluding hydrogens is 312 g/mol. The standard InChI is InChI=1S/C13H17BrN2OS/c14-12-4-3-11(18-12)13(17)16-8-5-10(9-16)15-6-1-2-7-15/h3-4,10H,1-2,5-9H2. The third kappa shape index (κ3) is 2.49. The van der Waals surface area contributed by atoms with Crippen LogP contribution in [-0.2, 0) is 0 Å². The molecular formula is C13H17BrN2OS. The number of carbonyl (C=O) groups is 1. The first-order valence-corrected chi connectivity index (χ1v) is 8.13. The van der Waals surface area contributed by atoms with Gasteiger partial charge in [0.15, 0.2) is 0 Å². The molecule has 98 valence electrons. The normalized spacial score (nSPS) is 24.9. The molecule has 0 N–H and O–H groups in total. The van der Waals surface area contributed by atoms with Gasteiger partial charge < -0.3 is 4.90 Å². The average molecular weight is 329 g/mol. The minimum absolute atomic E-state index is 0.201. The second-order valence-corrected chi connectivity index (χ2v) is 7.50. The van der Waals surface area contributed by atoms with E-state index in [1.807, 2.05) is 17.0 Å². The van der Waals surface area contributed by atoms with Crippen molar-refractivity contribution < 1.29 is 4.79 Å². The lowest BCUT2D eigenvalue weighted by atomic mass is 10.2. The van der Waals surface area contributed by atoms with Crippen LogP contribution in [0.15, 0.2) is 15.9 Å². The number of likely N-dealkylation sites (tertiary alicyclic amines) is 2. The van der Waals surface area contributed by atoms with Crippen molar-refractivity contribution in [2.75, 3.05) is 26.2 Å². The average Bonchev–Trinajstić information content (AvgIpc) is 3.09. The van der Waals surface area contributed by atoms with Crippen molar-refractivity contribution in [3.05, 3.63) is 20.8 Å². The van der Waals surface area contributed by atoms with Gasteiger partial charge in [0.05, 0.1) is 8.66 Å². The molecule has 2 aliphatic rings. The molecule has 2 fully saturated rings. The summed E-state index contributed by atoms with van der Waals surface area (Å²) in [7, 11) is 0. The summed E-state index contributed by atoms with van der Waals surface area (Å²) in [5, 5.41) is 0. The summed E-state index contributed by atoms with van der Waals surface area (Å²) in [5.74, 6) is 0.201. The molecule has 2 saturated heterocycles. The van der Waals surface area contributed by atoms with Gasteiger partial charge in [-0.05, 0) is 60.4 Å². The number of hydrogen-bond donors (Lipinski definition) is 0. The highest BCUT2D eigenvalue weighted by molar-refractivity contribution is 9.11. The summed E-state index contributed by atoms with van der Waals surface area (Å²) in [4.78, 5) is 17.7. The molecule has 0 bridgehead atoms. The van der Waals surface area contributed by atoms with Crippen LogP contribution in [0.25, 0.3) is 0 Å². The third-order valence-electron chi connectivity index (χ3n) is 3.89. The van der Waals surface area contributed by atoms with Gasteiger partial charge in [0.1, 0.15) is 0 Å². The van der Waals surface area contributed by atoms with Gasteiger partial charge in [0.25, 0.3) is 5.91 Å². The Bertz CT molecular complexity index is 442. The van der Waals surface area contributed by atoms with Crippen molar-refractivity contribution in [3.8, 4) is 0 Å². The lowest BCUT2D eigenvalue weighted by Gasteiger charge is -2.23. The zero-order valence-corrected chi connectivity index (χ0v) is 12.7. The fraction of sp³-hybridized carbons (Fsp3) is 0.615. The molecule has 0 aliphatic carbocycles. The van der Waals surface area contributed by atoms with E-state index in [-0.39, 0.29) is 5.91 Å². The first-order valence-electron chi connectivity index (χ1n) is 6.53. The molecule has 1 atom stereocenters. The largest absolute Gasteiger partial charge is 0.336 e. The smallest absolute Gasteiger partial charge is 0.264 e. The number of hydrogen-bond acceptors (Lipinski definition) is 3. The predicted molar refractivity (Wildman–Crippen MR) is 77.1 cm³/mol. The Morgan fingerprint density at radius 2 is 2.06 bits per heavy atom. The second kappa shape index (κ2) is 5.31. The zero-order valence-electron chi connectivity index (χ0n) is 10.3. The van der Waals surface area contributed by atoms with Crippen LogP contribution in [0.2, 0.25) is 0 Å². The van der Waals surface area contributed by atoms with Gasteiger partial charge in [0, 0.05) is 19.1 Å². The summed E-state index contributed by atoms with van der Waals surface area (Å²) >= 11 is 4.94. The third-order valence-corrected chi connectivity index (χ3v) is 5.50. The van der Waals surface area contributed by atoms with Crippen LogP contribution in [0.4, 0.5) is 0 Å². The lowest BCUT2D eigenvalue weighted by molar-refractivity contribution is 0.0785. The van der Waals surface area contributed by atoms with Crippen LogP contribution in [0.1, 0.15) is 28.9 Å². The van der Waals surface area contributed by atoms with Gasteiger partial charge in [-0.25, -0.2) is 0 Å². The van der Waals surface area contributed by atoms with E-state index in [0.29, 0.717) is 6.04 Å². The summed E-state index contributed by atoms with van der Waals surface area (Å²) in [6.45, 7) is 4.26. The minimum atomic E-state index is 0.201. The molecule has 0 saturated carbocycles. The van der Waals surface area contributed by atoms with Crippen LogP contribution in [0.5, 0.6) is 0 Å². The Morgan fingerprint density at radius 1 is 1.28 bits per heavy atom. The zero-order chi connectivity index (χ0) is 12.5. The predicted octanol–water partition coefficient (Wildman–Crippen LogP) is 2.82. The fourth-order valence-electron chi connectivity index (χ4n) is 2.92. The summed E-state index contributed by atoms with van der Waals surface area (Å²) in [5.41, 5.74) is 0. The van der Waals surface area contributed by atoms with Crippen molar-refractivity contribution >= 4 is 33.2 Å². The number of thiophene rings is 1. The van der Waals surface area contributed by atoms with E-state index in [4.69, 9.17) is 0 Å². The van der Waals surface area contributed by atoms with Gasteiger partial charge in [0.2, 0.25) is 0 Å². The Kier molecular flexibility index (Phi) is 3.73. The monoisotopic (exact) mass is 328 g/mol. The first kappa shape index (κ1) is 12.6. The maximum Gasteiger partial charge on any atom is 0.264 e. The Labute approximate surface area is 120 Å². The van der Waals surface area contributed by atoms with E-state index >= 15 is 0 Å². The molecule has 0 radical (unpaired) electrons. The van der Waals surface area contributed by atoms with Crippen molar-refractivity contribution in [2.24, 2.45) is 0 Å². The van der Waals surface area contributed by atoms with Crippen molar-refractivity contribution in [3.63, 3.8) is 0 Å². The second-order valence-electron chi connectivity index (χ2n) is 5.04. The van der Waals surface area contributed by atoms with Crippen LogP contribution in [0.3, 0.4) is 0 Å². The van der Waals surface area contributed by atoms with Gasteiger partial charge >= 0.3 is 0 Å². The summed E-state index contributed by atoms with van der Waals surface area (Å²) in [6.07, 6.45) is 3.78. The number of carbonyl (C=O) groups excluding carboxylic acids is 1. The molecule has 1 amide bonds. The lowest BCUT2D eigenvalue weighted by Crippen LogP contribution is -2.36. The number of amides is 1. The van der Waals surface area contributed by atoms with E-state index in [1.54, 1.807) is 0 Å². The number of nitrogens with zero attached hydrogens (tertiary/aromatic N) is 2. The molecule has 1 aromatic heterocycles. The molecule has 0 aromatic carbocycles. The maximum atomic E-state index is 12.3. The summed E-state index contributed by atoms with van der Waals surface area (Å²) in [6, 6.07) is 4.46. The Balaban J connectivity index is 1.63. The van der Waals surface area contributed by atoms with E-state index in [1.165, 1.54) is 37.3 Å². The van der Waals surface area contributed by atoms with E-state index in [0.717, 1.165) is 28.2 Å². The van der Waals surface area contributed by atoms with Gasteiger partial charge in [-0.2, -0.15) is 0 Å². The molecule has 0 spiro atoms. The Hall–Kier alpha value is -0.390. The Morgan fingerprint density at radius 3 is 2.72 bits per heavy atom. The van der Waals surface area contributed by atoms with Crippen LogP contribution in [-0.4, -0.2) is 47.9 Å². The quantitative estimate of drug-likeness (QED) is 0.833.